The molecule has 1 aromatic carbocycles. The van der Waals surface area contributed by atoms with E-state index in [0.29, 0.717) is 37.4 Å². The summed E-state index contributed by atoms with van der Waals surface area (Å²) in [7, 11) is 0. The molecule has 0 fully saturated rings. The maximum absolute atomic E-state index is 9.63. The molecular formula is C14H23ClNO3+. The number of aliphatic hydroxyl groups excluding tert-OH is 1. The molecule has 1 aromatic rings. The number of aliphatic hydroxyl groups is 1. The first-order chi connectivity index (χ1) is 9.08. The Labute approximate surface area is 119 Å². The highest BCUT2D eigenvalue weighted by Gasteiger charge is 2.07. The normalized spacial score (nSPS) is 12.7. The fraction of sp³-hybridized carbons (Fsp3) is 0.571. The van der Waals surface area contributed by atoms with Crippen molar-refractivity contribution in [3.8, 4) is 5.75 Å². The van der Waals surface area contributed by atoms with Gasteiger partial charge in [-0.25, -0.2) is 0 Å². The first-order valence-corrected chi connectivity index (χ1v) is 6.93. The van der Waals surface area contributed by atoms with Gasteiger partial charge in [-0.3, -0.25) is 0 Å². The number of hydrogen-bond acceptors (Lipinski definition) is 3. The van der Waals surface area contributed by atoms with Crippen molar-refractivity contribution in [2.45, 2.75) is 26.0 Å². The lowest BCUT2D eigenvalue weighted by molar-refractivity contribution is -0.688. The second-order valence-electron chi connectivity index (χ2n) is 4.75. The second-order valence-corrected chi connectivity index (χ2v) is 5.18. The lowest BCUT2D eigenvalue weighted by Crippen LogP contribution is -2.90. The summed E-state index contributed by atoms with van der Waals surface area (Å²) in [5.74, 6) is 0.765. The summed E-state index contributed by atoms with van der Waals surface area (Å²) in [5, 5.41) is 12.4. The van der Waals surface area contributed by atoms with Gasteiger partial charge < -0.3 is 19.9 Å². The molecule has 0 aliphatic heterocycles. The highest BCUT2D eigenvalue weighted by Crippen LogP contribution is 2.15. The topological polar surface area (TPSA) is 55.3 Å². The summed E-state index contributed by atoms with van der Waals surface area (Å²) < 4.78 is 10.8. The van der Waals surface area contributed by atoms with Gasteiger partial charge in [-0.1, -0.05) is 11.6 Å². The zero-order valence-corrected chi connectivity index (χ0v) is 12.3. The Balaban J connectivity index is 2.03. The Morgan fingerprint density at radius 2 is 1.89 bits per heavy atom. The van der Waals surface area contributed by atoms with Crippen LogP contribution >= 0.6 is 11.6 Å². The quantitative estimate of drug-likeness (QED) is 0.668. The van der Waals surface area contributed by atoms with E-state index in [9.17, 15) is 5.11 Å². The standard InChI is InChI=1S/C14H22ClNO3/c1-11(2)16-9-13(17)10-18-7-8-19-14-5-3-12(15)4-6-14/h3-6,11,13,16-17H,7-10H2,1-2H3/p+1/t13-/m1/s1. The molecule has 0 aromatic heterocycles. The Hall–Kier alpha value is -0.810. The Bertz CT molecular complexity index is 343. The molecule has 0 bridgehead atoms. The van der Waals surface area contributed by atoms with E-state index in [-0.39, 0.29) is 0 Å². The molecule has 0 heterocycles. The minimum Gasteiger partial charge on any atom is -0.491 e. The van der Waals surface area contributed by atoms with Gasteiger partial charge in [0.2, 0.25) is 0 Å². The smallest absolute Gasteiger partial charge is 0.126 e. The van der Waals surface area contributed by atoms with E-state index in [1.807, 2.05) is 12.1 Å². The van der Waals surface area contributed by atoms with Gasteiger partial charge in [0.05, 0.1) is 19.3 Å². The Morgan fingerprint density at radius 1 is 1.21 bits per heavy atom. The molecule has 1 rings (SSSR count). The first-order valence-electron chi connectivity index (χ1n) is 6.55. The molecule has 0 saturated heterocycles. The largest absolute Gasteiger partial charge is 0.491 e. The highest BCUT2D eigenvalue weighted by molar-refractivity contribution is 6.30. The summed E-state index contributed by atoms with van der Waals surface area (Å²) >= 11 is 5.77. The van der Waals surface area contributed by atoms with Gasteiger partial charge in [0.1, 0.15) is 25.0 Å². The second kappa shape index (κ2) is 9.15. The van der Waals surface area contributed by atoms with Crippen LogP contribution in [0, 0.1) is 0 Å². The van der Waals surface area contributed by atoms with Crippen LogP contribution < -0.4 is 10.1 Å². The predicted octanol–water partition coefficient (Wildman–Crippen LogP) is 1.07. The fourth-order valence-electron chi connectivity index (χ4n) is 1.47. The van der Waals surface area contributed by atoms with Gasteiger partial charge >= 0.3 is 0 Å². The van der Waals surface area contributed by atoms with Crippen LogP contribution in [0.15, 0.2) is 24.3 Å². The number of halogens is 1. The van der Waals surface area contributed by atoms with E-state index in [2.05, 4.69) is 19.2 Å². The van der Waals surface area contributed by atoms with E-state index in [4.69, 9.17) is 21.1 Å². The number of benzene rings is 1. The average molecular weight is 289 g/mol. The highest BCUT2D eigenvalue weighted by atomic mass is 35.5. The van der Waals surface area contributed by atoms with Gasteiger partial charge in [-0.05, 0) is 38.1 Å². The number of hydrogen-bond donors (Lipinski definition) is 2. The molecule has 108 valence electrons. The molecule has 1 atom stereocenters. The van der Waals surface area contributed by atoms with E-state index in [0.717, 1.165) is 5.75 Å². The van der Waals surface area contributed by atoms with Crippen molar-refractivity contribution in [2.75, 3.05) is 26.4 Å². The molecule has 4 nitrogen and oxygen atoms in total. The molecule has 5 heteroatoms. The van der Waals surface area contributed by atoms with Crippen molar-refractivity contribution in [2.24, 2.45) is 0 Å². The summed E-state index contributed by atoms with van der Waals surface area (Å²) in [6, 6.07) is 7.68. The van der Waals surface area contributed by atoms with Crippen LogP contribution in [0.25, 0.3) is 0 Å². The van der Waals surface area contributed by atoms with Gasteiger partial charge in [0.15, 0.2) is 0 Å². The van der Waals surface area contributed by atoms with Crippen molar-refractivity contribution >= 4 is 11.6 Å². The molecule has 19 heavy (non-hydrogen) atoms. The molecular weight excluding hydrogens is 266 g/mol. The average Bonchev–Trinajstić information content (AvgIpc) is 2.38. The van der Waals surface area contributed by atoms with Gasteiger partial charge in [-0.2, -0.15) is 0 Å². The Kier molecular flexibility index (Phi) is 7.82. The van der Waals surface area contributed by atoms with Crippen molar-refractivity contribution in [1.29, 1.82) is 0 Å². The summed E-state index contributed by atoms with van der Waals surface area (Å²) in [6.45, 7) is 6.10. The minimum absolute atomic E-state index is 0.340. The van der Waals surface area contributed by atoms with Crippen LogP contribution in [-0.4, -0.2) is 43.6 Å². The zero-order valence-electron chi connectivity index (χ0n) is 11.5. The Morgan fingerprint density at radius 3 is 2.53 bits per heavy atom. The molecule has 0 saturated carbocycles. The first kappa shape index (κ1) is 16.2. The van der Waals surface area contributed by atoms with Crippen LogP contribution in [-0.2, 0) is 4.74 Å². The third-order valence-corrected chi connectivity index (χ3v) is 2.75. The van der Waals surface area contributed by atoms with Crippen LogP contribution in [0.1, 0.15) is 13.8 Å². The molecule has 0 aliphatic rings. The van der Waals surface area contributed by atoms with Crippen molar-refractivity contribution in [3.05, 3.63) is 29.3 Å². The van der Waals surface area contributed by atoms with E-state index in [1.165, 1.54) is 0 Å². The molecule has 3 N–H and O–H groups in total. The number of ether oxygens (including phenoxy) is 2. The monoisotopic (exact) mass is 288 g/mol. The molecule has 0 amide bonds. The van der Waals surface area contributed by atoms with Crippen molar-refractivity contribution in [3.63, 3.8) is 0 Å². The number of nitrogens with two attached hydrogens (primary N) is 1. The van der Waals surface area contributed by atoms with Crippen LogP contribution in [0.5, 0.6) is 5.75 Å². The van der Waals surface area contributed by atoms with Crippen LogP contribution in [0.4, 0.5) is 0 Å². The summed E-state index contributed by atoms with van der Waals surface area (Å²) in [6.07, 6.45) is -0.432. The number of quaternary nitrogens is 1. The van der Waals surface area contributed by atoms with Crippen molar-refractivity contribution in [1.82, 2.24) is 0 Å². The van der Waals surface area contributed by atoms with Gasteiger partial charge in [-0.15, -0.1) is 0 Å². The van der Waals surface area contributed by atoms with Crippen molar-refractivity contribution < 1.29 is 19.9 Å². The number of rotatable bonds is 9. The molecule has 0 unspecified atom stereocenters. The summed E-state index contributed by atoms with van der Waals surface area (Å²) in [4.78, 5) is 0. The fourth-order valence-corrected chi connectivity index (χ4v) is 1.59. The maximum Gasteiger partial charge on any atom is 0.126 e. The molecule has 0 spiro atoms. The maximum atomic E-state index is 9.63. The van der Waals surface area contributed by atoms with Crippen LogP contribution in [0.2, 0.25) is 5.02 Å². The van der Waals surface area contributed by atoms with Crippen LogP contribution in [0.3, 0.4) is 0 Å². The summed E-state index contributed by atoms with van der Waals surface area (Å²) in [5.41, 5.74) is 0. The molecule has 0 radical (unpaired) electrons. The van der Waals surface area contributed by atoms with E-state index < -0.39 is 6.10 Å². The van der Waals surface area contributed by atoms with E-state index in [1.54, 1.807) is 12.1 Å². The SMILES string of the molecule is CC(C)[NH2+]C[C@@H](O)COCCOc1ccc(Cl)cc1. The zero-order chi connectivity index (χ0) is 14.1. The predicted molar refractivity (Wildman–Crippen MR) is 75.7 cm³/mol. The lowest BCUT2D eigenvalue weighted by Gasteiger charge is -2.12. The van der Waals surface area contributed by atoms with Gasteiger partial charge in [0.25, 0.3) is 0 Å². The third kappa shape index (κ3) is 8.06. The lowest BCUT2D eigenvalue weighted by atomic mass is 10.3. The van der Waals surface area contributed by atoms with Gasteiger partial charge in [0, 0.05) is 5.02 Å². The molecule has 0 aliphatic carbocycles. The van der Waals surface area contributed by atoms with E-state index >= 15 is 0 Å². The third-order valence-electron chi connectivity index (χ3n) is 2.50. The minimum atomic E-state index is -0.432.